The van der Waals surface area contributed by atoms with Gasteiger partial charge in [-0.3, -0.25) is 10.1 Å². The second-order valence-corrected chi connectivity index (χ2v) is 15.6. The second kappa shape index (κ2) is 38.3. The van der Waals surface area contributed by atoms with Gasteiger partial charge in [0.15, 0.2) is 5.69 Å². The average molecular weight is 1190 g/mol. The number of nitrogen functional groups attached to an aromatic ring is 1. The molecule has 0 unspecified atom stereocenters. The van der Waals surface area contributed by atoms with Gasteiger partial charge in [0.1, 0.15) is 26.0 Å². The van der Waals surface area contributed by atoms with Crippen LogP contribution in [0.1, 0.15) is 0 Å². The van der Waals surface area contributed by atoms with Crippen molar-refractivity contribution in [3.8, 4) is 11.5 Å². The molecule has 0 aliphatic carbocycles. The fourth-order valence-corrected chi connectivity index (χ4v) is 5.76. The molecule has 4 N–H and O–H groups in total. The molecule has 0 heterocycles. The third-order valence-electron chi connectivity index (χ3n) is 7.16. The molecule has 74 heavy (non-hydrogen) atoms. The van der Waals surface area contributed by atoms with Crippen LogP contribution in [-0.2, 0) is 62.7 Å². The number of anilines is 1. The molecule has 0 bridgehead atoms. The number of nitro benzene ring substituents is 1. The minimum Gasteiger partial charge on any atom is -0.746 e. The Bertz CT molecular complexity index is 3640. The fraction of sp³-hybridized carbons (Fsp3) is 0. The topological polar surface area (TPSA) is 503 Å². The van der Waals surface area contributed by atoms with Crippen LogP contribution in [0.25, 0.3) is 21.5 Å². The summed E-state index contributed by atoms with van der Waals surface area (Å²) in [6.45, 7) is 0. The molecule has 0 atom stereocenters. The van der Waals surface area contributed by atoms with Gasteiger partial charge in [0.25, 0.3) is 0 Å². The third-order valence-corrected chi connectivity index (χ3v) is 8.80. The van der Waals surface area contributed by atoms with E-state index in [0.29, 0.717) is 6.07 Å². The summed E-state index contributed by atoms with van der Waals surface area (Å²) in [7, 11) is -22.4. The Morgan fingerprint density at radius 1 is 0.541 bits per heavy atom. The van der Waals surface area contributed by atoms with Gasteiger partial charge in [-0.25, -0.2) is 40.4 Å². The van der Waals surface area contributed by atoms with E-state index >= 15 is 0 Å². The van der Waals surface area contributed by atoms with Gasteiger partial charge in [-0.2, -0.15) is 66.4 Å². The van der Waals surface area contributed by atoms with Crippen molar-refractivity contribution in [2.75, 3.05) is 5.73 Å². The largest absolute Gasteiger partial charge is 1.00 e. The smallest absolute Gasteiger partial charge is 0.746 e. The molecule has 0 saturated carbocycles. The summed E-state index contributed by atoms with van der Waals surface area (Å²) >= 11 is 0. The van der Waals surface area contributed by atoms with Crippen LogP contribution in [0.3, 0.4) is 0 Å². The van der Waals surface area contributed by atoms with Crippen LogP contribution >= 0.6 is 0 Å². The Morgan fingerprint density at radius 2 is 1.03 bits per heavy atom. The average Bonchev–Trinajstić information content (AvgIpc) is 3.21. The predicted octanol–water partition coefficient (Wildman–Crippen LogP) is -14.8. The SMILES string of the molecule is Nc1c(N=Nc2ccc(N=Nc3[c-]ccc(S(=O)(=O)[O-])c3)c3cc(S(=O)(=O)[O-])cc(O)c23)c[c-]c2c[c-]c(N=Nc3cc[c-]cc3[N+](=O)[O-])c(O)c12.O=S(=O)=O.O=S(=O)=O.O=S(=O)=O.O=S(=O)=O.[Na+].[Na+].[Na+].[Na+].[Na+].[Na+]. The van der Waals surface area contributed by atoms with Crippen LogP contribution < -0.4 is 183 Å². The van der Waals surface area contributed by atoms with Gasteiger partial charge in [-0.05, 0) is 47.1 Å². The molecule has 358 valence electrons. The molecule has 6 aromatic rings. The van der Waals surface area contributed by atoms with E-state index in [0.717, 1.165) is 30.3 Å². The zero-order valence-electron chi connectivity index (χ0n) is 38.1. The number of hydrogen-bond donors (Lipinski definition) is 3. The van der Waals surface area contributed by atoms with Crippen molar-refractivity contribution in [1.29, 1.82) is 0 Å². The Balaban J connectivity index is -0.000000635. The number of nitrogens with two attached hydrogens (primary N) is 1. The van der Waals surface area contributed by atoms with E-state index in [2.05, 4.69) is 55.0 Å². The van der Waals surface area contributed by atoms with Crippen LogP contribution in [0.2, 0.25) is 0 Å². The van der Waals surface area contributed by atoms with Crippen LogP contribution in [-0.4, -0.2) is 91.6 Å². The summed E-state index contributed by atoms with van der Waals surface area (Å²) in [6, 6.07) is 24.5. The predicted molar refractivity (Wildman–Crippen MR) is 218 cm³/mol. The van der Waals surface area contributed by atoms with Crippen molar-refractivity contribution in [2.45, 2.75) is 9.79 Å². The van der Waals surface area contributed by atoms with Crippen LogP contribution in [0.5, 0.6) is 11.5 Å². The number of rotatable bonds is 9. The van der Waals surface area contributed by atoms with Crippen LogP contribution in [0.15, 0.2) is 113 Å². The van der Waals surface area contributed by atoms with Crippen LogP contribution in [0, 0.1) is 34.4 Å². The van der Waals surface area contributed by atoms with E-state index in [1.807, 2.05) is 0 Å². The third kappa shape index (κ3) is 27.9. The molecule has 0 fully saturated rings. The molecule has 0 aliphatic rings. The molecule has 0 saturated heterocycles. The first kappa shape index (κ1) is 80.6. The Labute approximate surface area is 554 Å². The first-order chi connectivity index (χ1) is 31.5. The van der Waals surface area contributed by atoms with Crippen molar-refractivity contribution < 1.29 is 269 Å². The van der Waals surface area contributed by atoms with Gasteiger partial charge in [0.2, 0.25) is 0 Å². The zero-order valence-corrected chi connectivity index (χ0v) is 55.0. The van der Waals surface area contributed by atoms with E-state index < -0.39 is 88.9 Å². The van der Waals surface area contributed by atoms with Gasteiger partial charge < -0.3 is 25.1 Å². The van der Waals surface area contributed by atoms with Crippen LogP contribution in [0.4, 0.5) is 45.5 Å². The molecule has 30 nitrogen and oxygen atoms in total. The van der Waals surface area contributed by atoms with Gasteiger partial charge >= 0.3 is 220 Å². The quantitative estimate of drug-likeness (QED) is 0.0230. The number of azo groups is 3. The Kier molecular flexibility index (Phi) is 41.7. The standard InChI is InChI=1S/C32H18N8O10S2.6Na.4O3S/c33-31-25(10-8-17-9-11-26(32(42)29(17)31)39-36-23-6-1-2-7-27(23)40(43)44)38-37-24-13-12-22(21-15-20(52(48,49)50)16-28(41)30(21)24)35-34-18-4-3-5-19(14-18)51(45,46)47;;;;;;;4*1-4(2)3/h1,3,5-7,9-10,12-16,41-42H,33H2,(H,45,46,47)(H,48,49,50);;;;;;;;;;/q-4;6*+1;;;;/p-2. The van der Waals surface area contributed by atoms with E-state index in [1.165, 1.54) is 36.4 Å². The summed E-state index contributed by atoms with van der Waals surface area (Å²) in [5.41, 5.74) is 5.13. The van der Waals surface area contributed by atoms with Crippen molar-refractivity contribution in [3.05, 3.63) is 107 Å². The molecule has 42 heteroatoms. The van der Waals surface area contributed by atoms with Crippen molar-refractivity contribution in [3.63, 3.8) is 0 Å². The van der Waals surface area contributed by atoms with E-state index in [1.54, 1.807) is 0 Å². The van der Waals surface area contributed by atoms with Crippen molar-refractivity contribution in [1.82, 2.24) is 0 Å². The molecule has 0 aromatic heterocycles. The maximum atomic E-state index is 11.9. The van der Waals surface area contributed by atoms with Gasteiger partial charge in [0.05, 0.1) is 27.3 Å². The molecular weight excluding hydrogens is 1180 g/mol. The Hall–Kier alpha value is -2.26. The molecule has 0 radical (unpaired) electrons. The summed E-state index contributed by atoms with van der Waals surface area (Å²) in [5.74, 6) is -1.21. The minimum absolute atomic E-state index is 0. The molecular formula is C32H16N8Na6O22S6. The maximum absolute atomic E-state index is 11.9. The van der Waals surface area contributed by atoms with Crippen molar-refractivity contribution in [2.24, 2.45) is 30.7 Å². The number of fused-ring (bicyclic) bond motifs is 2. The van der Waals surface area contributed by atoms with E-state index in [-0.39, 0.29) is 244 Å². The van der Waals surface area contributed by atoms with E-state index in [4.69, 9.17) is 56.2 Å². The Morgan fingerprint density at radius 3 is 1.54 bits per heavy atom. The normalized spacial score (nSPS) is 10.1. The molecule has 0 spiro atoms. The number of hydrogen-bond acceptors (Lipinski definition) is 29. The fourth-order valence-electron chi connectivity index (χ4n) is 4.75. The summed E-state index contributed by atoms with van der Waals surface area (Å²) in [6.07, 6.45) is 0. The van der Waals surface area contributed by atoms with Gasteiger partial charge in [0, 0.05) is 16.0 Å². The first-order valence-corrected chi connectivity index (χ1v) is 22.9. The summed E-state index contributed by atoms with van der Waals surface area (Å²) in [4.78, 5) is 9.21. The van der Waals surface area contributed by atoms with Gasteiger partial charge in [-0.15, -0.1) is 68.7 Å². The molecule has 0 amide bonds. The van der Waals surface area contributed by atoms with Crippen molar-refractivity contribution >= 4 is 130 Å². The number of phenolic OH excluding ortho intramolecular Hbond substituents is 2. The number of benzene rings is 6. The first-order valence-electron chi connectivity index (χ1n) is 16.1. The number of phenols is 2. The monoisotopic (exact) mass is 1190 g/mol. The molecule has 6 rings (SSSR count). The number of nitro groups is 1. The molecule has 6 aromatic carbocycles. The summed E-state index contributed by atoms with van der Waals surface area (Å²) < 4.78 is 171. The number of nitrogens with zero attached hydrogens (tertiary/aromatic N) is 7. The van der Waals surface area contributed by atoms with Gasteiger partial charge in [-0.1, -0.05) is 11.0 Å². The maximum Gasteiger partial charge on any atom is 1.00 e. The zero-order chi connectivity index (χ0) is 51.7. The number of aromatic hydroxyl groups is 2. The second-order valence-electron chi connectivity index (χ2n) is 11.2. The molecule has 0 aliphatic heterocycles. The summed E-state index contributed by atoms with van der Waals surface area (Å²) in [5, 5.41) is 57.0. The van der Waals surface area contributed by atoms with E-state index in [9.17, 15) is 46.3 Å². The minimum atomic E-state index is -5.09.